The fourth-order valence-corrected chi connectivity index (χ4v) is 6.47. The Morgan fingerprint density at radius 1 is 0.455 bits per heavy atom. The topological polar surface area (TPSA) is 43.9 Å². The highest BCUT2D eigenvalue weighted by molar-refractivity contribution is 6.23. The Labute approximate surface area is 253 Å². The van der Waals surface area contributed by atoms with Crippen LogP contribution in [0.5, 0.6) is 0 Å². The molecule has 0 fully saturated rings. The van der Waals surface area contributed by atoms with Crippen molar-refractivity contribution in [2.24, 2.45) is 0 Å². The lowest BCUT2D eigenvalue weighted by Crippen LogP contribution is -1.94. The van der Waals surface area contributed by atoms with Crippen molar-refractivity contribution in [3.05, 3.63) is 152 Å². The van der Waals surface area contributed by atoms with E-state index >= 15 is 0 Å². The molecule has 0 unspecified atom stereocenters. The van der Waals surface area contributed by atoms with Crippen LogP contribution in [-0.4, -0.2) is 14.5 Å². The molecule has 206 valence electrons. The Kier molecular flexibility index (Phi) is 5.47. The van der Waals surface area contributed by atoms with E-state index in [9.17, 15) is 0 Å². The van der Waals surface area contributed by atoms with Crippen molar-refractivity contribution in [2.75, 3.05) is 0 Å². The number of pyridine rings is 2. The van der Waals surface area contributed by atoms with Crippen molar-refractivity contribution in [1.29, 1.82) is 0 Å². The first-order valence-corrected chi connectivity index (χ1v) is 14.7. The maximum atomic E-state index is 6.48. The van der Waals surface area contributed by atoms with Gasteiger partial charge in [0.1, 0.15) is 11.2 Å². The van der Waals surface area contributed by atoms with Crippen LogP contribution in [0.2, 0.25) is 0 Å². The van der Waals surface area contributed by atoms with Crippen molar-refractivity contribution < 1.29 is 4.42 Å². The van der Waals surface area contributed by atoms with Gasteiger partial charge in [0.25, 0.3) is 0 Å². The molecular weight excluding hydrogens is 538 g/mol. The molecule has 0 amide bonds. The Morgan fingerprint density at radius 3 is 1.93 bits per heavy atom. The third-order valence-electron chi connectivity index (χ3n) is 8.51. The predicted molar refractivity (Wildman–Crippen MR) is 180 cm³/mol. The van der Waals surface area contributed by atoms with Gasteiger partial charge in [-0.25, -0.2) is 0 Å². The van der Waals surface area contributed by atoms with E-state index in [2.05, 4.69) is 125 Å². The van der Waals surface area contributed by atoms with Crippen LogP contribution in [0.3, 0.4) is 0 Å². The summed E-state index contributed by atoms with van der Waals surface area (Å²) in [5.74, 6) is 0. The maximum absolute atomic E-state index is 6.48. The Hall–Kier alpha value is -6.00. The zero-order valence-corrected chi connectivity index (χ0v) is 23.7. The van der Waals surface area contributed by atoms with E-state index in [0.717, 1.165) is 77.7 Å². The second-order valence-corrected chi connectivity index (χ2v) is 11.1. The molecule has 4 aromatic heterocycles. The van der Waals surface area contributed by atoms with Crippen LogP contribution in [0.25, 0.3) is 83.1 Å². The minimum Gasteiger partial charge on any atom is -0.455 e. The quantitative estimate of drug-likeness (QED) is 0.214. The third kappa shape index (κ3) is 3.85. The van der Waals surface area contributed by atoms with Gasteiger partial charge in [0, 0.05) is 34.2 Å². The molecule has 4 nitrogen and oxygen atoms in total. The van der Waals surface area contributed by atoms with Crippen LogP contribution < -0.4 is 0 Å². The number of nitrogens with zero attached hydrogens (tertiary/aromatic N) is 3. The second kappa shape index (κ2) is 9.79. The summed E-state index contributed by atoms with van der Waals surface area (Å²) in [5.41, 5.74) is 11.4. The Balaban J connectivity index is 1.19. The van der Waals surface area contributed by atoms with Crippen LogP contribution in [0.4, 0.5) is 0 Å². The number of hydrogen-bond donors (Lipinski definition) is 0. The first-order valence-electron chi connectivity index (χ1n) is 14.7. The number of fused-ring (bicyclic) bond motifs is 7. The number of benzene rings is 5. The van der Waals surface area contributed by atoms with Gasteiger partial charge in [0.05, 0.1) is 27.8 Å². The highest BCUT2D eigenvalue weighted by Crippen LogP contribution is 2.40. The van der Waals surface area contributed by atoms with Crippen LogP contribution in [0.15, 0.2) is 156 Å². The molecule has 0 spiro atoms. The molecule has 4 heterocycles. The number of hydrogen-bond acceptors (Lipinski definition) is 3. The van der Waals surface area contributed by atoms with Gasteiger partial charge >= 0.3 is 0 Å². The highest BCUT2D eigenvalue weighted by atomic mass is 16.3. The zero-order valence-electron chi connectivity index (χ0n) is 23.7. The summed E-state index contributed by atoms with van der Waals surface area (Å²) in [5, 5.41) is 4.59. The molecule has 9 aromatic rings. The van der Waals surface area contributed by atoms with Crippen LogP contribution in [0.1, 0.15) is 0 Å². The van der Waals surface area contributed by atoms with E-state index in [-0.39, 0.29) is 0 Å². The molecule has 0 saturated heterocycles. The molecule has 9 rings (SSSR count). The second-order valence-electron chi connectivity index (χ2n) is 11.1. The smallest absolute Gasteiger partial charge is 0.145 e. The lowest BCUT2D eigenvalue weighted by molar-refractivity contribution is 0.673. The summed E-state index contributed by atoms with van der Waals surface area (Å²) < 4.78 is 8.82. The monoisotopic (exact) mass is 563 g/mol. The van der Waals surface area contributed by atoms with Gasteiger partial charge in [-0.3, -0.25) is 9.97 Å². The molecule has 0 aliphatic rings. The van der Waals surface area contributed by atoms with Crippen molar-refractivity contribution in [3.63, 3.8) is 0 Å². The lowest BCUT2D eigenvalue weighted by Gasteiger charge is -2.11. The first kappa shape index (κ1) is 24.6. The molecule has 4 heteroatoms. The summed E-state index contributed by atoms with van der Waals surface area (Å²) in [6.45, 7) is 0. The summed E-state index contributed by atoms with van der Waals surface area (Å²) in [4.78, 5) is 9.35. The van der Waals surface area contributed by atoms with E-state index in [1.807, 2.05) is 36.7 Å². The zero-order chi connectivity index (χ0) is 29.0. The minimum absolute atomic E-state index is 0.842. The van der Waals surface area contributed by atoms with Crippen molar-refractivity contribution >= 4 is 43.7 Å². The predicted octanol–water partition coefficient (Wildman–Crippen LogP) is 10.5. The fourth-order valence-electron chi connectivity index (χ4n) is 6.47. The van der Waals surface area contributed by atoms with Crippen LogP contribution >= 0.6 is 0 Å². The molecule has 0 N–H and O–H groups in total. The summed E-state index contributed by atoms with van der Waals surface area (Å²) >= 11 is 0. The summed E-state index contributed by atoms with van der Waals surface area (Å²) in [6, 6.07) is 48.7. The summed E-state index contributed by atoms with van der Waals surface area (Å²) in [6.07, 6.45) is 3.72. The number of aromatic nitrogens is 3. The Bertz CT molecular complexity index is 2510. The van der Waals surface area contributed by atoms with Crippen molar-refractivity contribution in [2.45, 2.75) is 0 Å². The molecule has 44 heavy (non-hydrogen) atoms. The fraction of sp³-hybridized carbons (Fsp3) is 0. The van der Waals surface area contributed by atoms with Gasteiger partial charge in [0.15, 0.2) is 0 Å². The number of furan rings is 1. The van der Waals surface area contributed by atoms with Crippen LogP contribution in [0, 0.1) is 0 Å². The number of para-hydroxylation sites is 2. The van der Waals surface area contributed by atoms with Crippen LogP contribution in [-0.2, 0) is 0 Å². The molecule has 5 aromatic carbocycles. The van der Waals surface area contributed by atoms with Gasteiger partial charge in [-0.1, -0.05) is 78.9 Å². The molecular formula is C40H25N3O. The van der Waals surface area contributed by atoms with Gasteiger partial charge in [0.2, 0.25) is 0 Å². The van der Waals surface area contributed by atoms with E-state index in [4.69, 9.17) is 9.40 Å². The van der Waals surface area contributed by atoms with E-state index in [1.54, 1.807) is 0 Å². The standard InChI is InChI=1S/C40H25N3O/c1-2-9-26(10-3-1)28-19-21-41-34(24-28)35-25-29(20-22-42-35)27-11-8-12-30(23-27)43-36-15-6-4-14-33(36)39-37(43)18-17-32-31-13-5-7-16-38(31)44-40(32)39/h1-25H. The molecule has 0 radical (unpaired) electrons. The van der Waals surface area contributed by atoms with Crippen molar-refractivity contribution in [3.8, 4) is 39.3 Å². The van der Waals surface area contributed by atoms with Gasteiger partial charge in [-0.2, -0.15) is 0 Å². The lowest BCUT2D eigenvalue weighted by atomic mass is 10.0. The molecule has 0 aliphatic heterocycles. The first-order chi connectivity index (χ1) is 21.8. The SMILES string of the molecule is c1ccc(-c2ccnc(-c3cc(-c4cccc(-n5c6ccccc6c6c7oc8ccccc8c7ccc65)c4)ccn3)c2)cc1. The largest absolute Gasteiger partial charge is 0.455 e. The average Bonchev–Trinajstić information content (AvgIpc) is 3.65. The van der Waals surface area contributed by atoms with Gasteiger partial charge in [-0.15, -0.1) is 0 Å². The van der Waals surface area contributed by atoms with Gasteiger partial charge < -0.3 is 8.98 Å². The minimum atomic E-state index is 0.842. The molecule has 0 saturated carbocycles. The molecule has 0 bridgehead atoms. The normalized spacial score (nSPS) is 11.6. The summed E-state index contributed by atoms with van der Waals surface area (Å²) in [7, 11) is 0. The number of rotatable bonds is 4. The third-order valence-corrected chi connectivity index (χ3v) is 8.51. The van der Waals surface area contributed by atoms with Crippen molar-refractivity contribution in [1.82, 2.24) is 14.5 Å². The molecule has 0 atom stereocenters. The van der Waals surface area contributed by atoms with E-state index in [0.29, 0.717) is 0 Å². The van der Waals surface area contributed by atoms with E-state index < -0.39 is 0 Å². The molecule has 0 aliphatic carbocycles. The average molecular weight is 564 g/mol. The highest BCUT2D eigenvalue weighted by Gasteiger charge is 2.18. The Morgan fingerprint density at radius 2 is 1.11 bits per heavy atom. The van der Waals surface area contributed by atoms with E-state index in [1.165, 1.54) is 5.39 Å². The van der Waals surface area contributed by atoms with Gasteiger partial charge in [-0.05, 0) is 82.9 Å². The maximum Gasteiger partial charge on any atom is 0.145 e.